The van der Waals surface area contributed by atoms with Crippen LogP contribution in [0.3, 0.4) is 0 Å². The summed E-state index contributed by atoms with van der Waals surface area (Å²) in [4.78, 5) is 18.5. The maximum absolute atomic E-state index is 14.8. The van der Waals surface area contributed by atoms with Gasteiger partial charge >= 0.3 is 0 Å². The average molecular weight is 559 g/mol. The van der Waals surface area contributed by atoms with Crippen LogP contribution in [0.1, 0.15) is 40.8 Å². The van der Waals surface area contributed by atoms with Crippen molar-refractivity contribution in [2.24, 2.45) is 0 Å². The van der Waals surface area contributed by atoms with E-state index in [0.29, 0.717) is 18.5 Å². The second-order valence-electron chi connectivity index (χ2n) is 11.1. The summed E-state index contributed by atoms with van der Waals surface area (Å²) in [5, 5.41) is 12.1. The van der Waals surface area contributed by atoms with E-state index < -0.39 is 6.04 Å². The topological polar surface area (TPSA) is 43.8 Å². The largest absolute Gasteiger partial charge is 0.508 e. The van der Waals surface area contributed by atoms with Crippen LogP contribution in [0.15, 0.2) is 115 Å². The molecule has 0 saturated heterocycles. The number of fused-ring (bicyclic) bond motifs is 2. The van der Waals surface area contributed by atoms with E-state index in [2.05, 4.69) is 71.6 Å². The molecule has 1 aliphatic rings. The Morgan fingerprint density at radius 2 is 1.57 bits per heavy atom. The van der Waals surface area contributed by atoms with Crippen molar-refractivity contribution in [2.45, 2.75) is 38.4 Å². The van der Waals surface area contributed by atoms with Crippen LogP contribution in [0.25, 0.3) is 10.8 Å². The van der Waals surface area contributed by atoms with Gasteiger partial charge in [-0.1, -0.05) is 97.1 Å². The zero-order chi connectivity index (χ0) is 29.1. The third kappa shape index (κ3) is 5.65. The zero-order valence-corrected chi connectivity index (χ0v) is 23.8. The Morgan fingerprint density at radius 1 is 0.881 bits per heavy atom. The Labute approximate surface area is 246 Å². The van der Waals surface area contributed by atoms with Gasteiger partial charge in [-0.25, -0.2) is 4.39 Å². The van der Waals surface area contributed by atoms with E-state index in [4.69, 9.17) is 0 Å². The molecular weight excluding hydrogens is 523 g/mol. The maximum atomic E-state index is 14.8. The van der Waals surface area contributed by atoms with Gasteiger partial charge in [0.15, 0.2) is 0 Å². The van der Waals surface area contributed by atoms with Crippen molar-refractivity contribution < 1.29 is 14.3 Å². The van der Waals surface area contributed by atoms with E-state index in [9.17, 15) is 14.3 Å². The van der Waals surface area contributed by atoms with Crippen molar-refractivity contribution in [3.63, 3.8) is 0 Å². The Bertz CT molecular complexity index is 1700. The number of carbonyl (C=O) groups excluding carboxylic acids is 1. The van der Waals surface area contributed by atoms with Gasteiger partial charge in [-0.3, -0.25) is 9.69 Å². The van der Waals surface area contributed by atoms with Crippen LogP contribution in [-0.4, -0.2) is 39.9 Å². The molecule has 0 radical (unpaired) electrons. The van der Waals surface area contributed by atoms with Gasteiger partial charge in [-0.2, -0.15) is 0 Å². The second kappa shape index (κ2) is 12.2. The van der Waals surface area contributed by atoms with Gasteiger partial charge in [0.2, 0.25) is 5.91 Å². The van der Waals surface area contributed by atoms with Crippen LogP contribution in [-0.2, 0) is 24.2 Å². The number of nitrogens with zero attached hydrogens (tertiary/aromatic N) is 2. The molecule has 6 rings (SSSR count). The lowest BCUT2D eigenvalue weighted by Gasteiger charge is -2.42. The summed E-state index contributed by atoms with van der Waals surface area (Å²) >= 11 is 0. The Morgan fingerprint density at radius 3 is 2.40 bits per heavy atom. The third-order valence-corrected chi connectivity index (χ3v) is 8.53. The molecule has 1 N–H and O–H groups in total. The highest BCUT2D eigenvalue weighted by molar-refractivity contribution is 5.87. The van der Waals surface area contributed by atoms with Crippen molar-refractivity contribution in [3.8, 4) is 5.75 Å². The molecule has 0 bridgehead atoms. The Balaban J connectivity index is 1.35. The standard InChI is InChI=1S/C37H35FN2O2/c1-26(37(42)39(25-30-11-4-7-16-35(30)38)23-21-27-17-19-31(41)20-18-27)40-24-22-29-10-3-6-14-33(29)36(40)34-15-8-12-28-9-2-5-13-32(28)34/h2-20,26,36,41H,21-25H2,1H3/t26-,36+/m0/s1. The number of amides is 1. The molecule has 0 unspecified atom stereocenters. The summed E-state index contributed by atoms with van der Waals surface area (Å²) < 4.78 is 14.8. The van der Waals surface area contributed by atoms with Crippen LogP contribution in [0.2, 0.25) is 0 Å². The number of rotatable bonds is 8. The monoisotopic (exact) mass is 558 g/mol. The van der Waals surface area contributed by atoms with E-state index in [-0.39, 0.29) is 30.1 Å². The molecule has 0 saturated carbocycles. The summed E-state index contributed by atoms with van der Waals surface area (Å²) in [5.74, 6) is -0.133. The predicted molar refractivity (Wildman–Crippen MR) is 166 cm³/mol. The zero-order valence-electron chi connectivity index (χ0n) is 23.8. The summed E-state index contributed by atoms with van der Waals surface area (Å²) in [5.41, 5.74) is 5.22. The van der Waals surface area contributed by atoms with Crippen molar-refractivity contribution in [1.29, 1.82) is 0 Å². The number of hydrogen-bond acceptors (Lipinski definition) is 3. The van der Waals surface area contributed by atoms with E-state index in [1.807, 2.05) is 25.1 Å². The number of phenols is 1. The number of phenolic OH excluding ortho intramolecular Hbond substituents is 1. The Kier molecular flexibility index (Phi) is 8.02. The van der Waals surface area contributed by atoms with Gasteiger partial charge in [0.25, 0.3) is 0 Å². The summed E-state index contributed by atoms with van der Waals surface area (Å²) in [6, 6.07) is 36.6. The van der Waals surface area contributed by atoms with Gasteiger partial charge in [-0.05, 0) is 71.0 Å². The minimum Gasteiger partial charge on any atom is -0.508 e. The fourth-order valence-electron chi connectivity index (χ4n) is 6.27. The molecule has 5 aromatic carbocycles. The normalized spacial score (nSPS) is 15.7. The SMILES string of the molecule is C[C@@H](C(=O)N(CCc1ccc(O)cc1)Cc1ccccc1F)N1CCc2ccccc2[C@@H]1c1cccc2ccccc12. The molecule has 0 fully saturated rings. The molecule has 0 aliphatic carbocycles. The Hall–Kier alpha value is -4.48. The van der Waals surface area contributed by atoms with Crippen LogP contribution in [0.5, 0.6) is 5.75 Å². The molecule has 1 amide bonds. The third-order valence-electron chi connectivity index (χ3n) is 8.53. The molecule has 0 spiro atoms. The van der Waals surface area contributed by atoms with Crippen LogP contribution in [0, 0.1) is 5.82 Å². The van der Waals surface area contributed by atoms with Crippen molar-refractivity contribution >= 4 is 16.7 Å². The smallest absolute Gasteiger partial charge is 0.239 e. The molecule has 1 aliphatic heterocycles. The highest BCUT2D eigenvalue weighted by Crippen LogP contribution is 2.39. The van der Waals surface area contributed by atoms with Crippen LogP contribution < -0.4 is 0 Å². The minimum absolute atomic E-state index is 0.0263. The molecule has 42 heavy (non-hydrogen) atoms. The minimum atomic E-state index is -0.436. The molecule has 5 aromatic rings. The second-order valence-corrected chi connectivity index (χ2v) is 11.1. The number of halogens is 1. The van der Waals surface area contributed by atoms with Crippen LogP contribution >= 0.6 is 0 Å². The van der Waals surface area contributed by atoms with Gasteiger partial charge in [0.1, 0.15) is 11.6 Å². The van der Waals surface area contributed by atoms with E-state index in [0.717, 1.165) is 18.5 Å². The molecule has 5 heteroatoms. The number of hydrogen-bond donors (Lipinski definition) is 1. The van der Waals surface area contributed by atoms with Gasteiger partial charge in [0, 0.05) is 25.2 Å². The summed E-state index contributed by atoms with van der Waals surface area (Å²) in [6.07, 6.45) is 1.46. The van der Waals surface area contributed by atoms with E-state index in [1.165, 1.54) is 33.5 Å². The highest BCUT2D eigenvalue weighted by atomic mass is 19.1. The number of carbonyl (C=O) groups is 1. The molecule has 1 heterocycles. The van der Waals surface area contributed by atoms with E-state index >= 15 is 0 Å². The summed E-state index contributed by atoms with van der Waals surface area (Å²) in [7, 11) is 0. The number of aromatic hydroxyl groups is 1. The maximum Gasteiger partial charge on any atom is 0.239 e. The first-order chi connectivity index (χ1) is 20.5. The first-order valence-electron chi connectivity index (χ1n) is 14.6. The molecular formula is C37H35FN2O2. The molecule has 0 aromatic heterocycles. The van der Waals surface area contributed by atoms with Crippen LogP contribution in [0.4, 0.5) is 4.39 Å². The first-order valence-corrected chi connectivity index (χ1v) is 14.6. The summed E-state index contributed by atoms with van der Waals surface area (Å²) in [6.45, 7) is 3.36. The lowest BCUT2D eigenvalue weighted by Crippen LogP contribution is -2.51. The number of benzene rings is 5. The van der Waals surface area contributed by atoms with Gasteiger partial charge in [-0.15, -0.1) is 0 Å². The first kappa shape index (κ1) is 27.7. The average Bonchev–Trinajstić information content (AvgIpc) is 3.03. The highest BCUT2D eigenvalue weighted by Gasteiger charge is 2.36. The molecule has 2 atom stereocenters. The van der Waals surface area contributed by atoms with Crippen molar-refractivity contribution in [2.75, 3.05) is 13.1 Å². The predicted octanol–water partition coefficient (Wildman–Crippen LogP) is 7.29. The fraction of sp³-hybridized carbons (Fsp3) is 0.216. The lowest BCUT2D eigenvalue weighted by molar-refractivity contribution is -0.138. The van der Waals surface area contributed by atoms with Crippen molar-refractivity contribution in [3.05, 3.63) is 149 Å². The lowest BCUT2D eigenvalue weighted by atomic mass is 9.85. The van der Waals surface area contributed by atoms with Gasteiger partial charge < -0.3 is 10.0 Å². The van der Waals surface area contributed by atoms with Gasteiger partial charge in [0.05, 0.1) is 12.1 Å². The molecule has 212 valence electrons. The van der Waals surface area contributed by atoms with Crippen molar-refractivity contribution in [1.82, 2.24) is 9.80 Å². The fourth-order valence-corrected chi connectivity index (χ4v) is 6.27. The van der Waals surface area contributed by atoms with E-state index in [1.54, 1.807) is 29.2 Å². The molecule has 4 nitrogen and oxygen atoms in total. The quantitative estimate of drug-likeness (QED) is 0.218.